The van der Waals surface area contributed by atoms with E-state index in [4.69, 9.17) is 0 Å². The number of carbonyl (C=O) groups is 2. The zero-order valence-corrected chi connectivity index (χ0v) is 21.9. The number of aryl methyl sites for hydroxylation is 3. The van der Waals surface area contributed by atoms with Gasteiger partial charge in [-0.3, -0.25) is 9.59 Å². The number of carbonyl (C=O) groups excluding carboxylic acids is 2. The van der Waals surface area contributed by atoms with E-state index in [9.17, 15) is 18.0 Å². The van der Waals surface area contributed by atoms with Gasteiger partial charge >= 0.3 is 0 Å². The van der Waals surface area contributed by atoms with Crippen molar-refractivity contribution < 1.29 is 18.0 Å². The highest BCUT2D eigenvalue weighted by atomic mass is 32.2. The molecule has 0 bridgehead atoms. The lowest BCUT2D eigenvalue weighted by Gasteiger charge is -2.43. The van der Waals surface area contributed by atoms with E-state index >= 15 is 0 Å². The Balaban J connectivity index is 1.64. The molecule has 2 saturated heterocycles. The number of nitrogens with zero attached hydrogens (tertiary/aromatic N) is 4. The fraction of sp³-hybridized carbons (Fsp3) is 0.462. The fourth-order valence-electron chi connectivity index (χ4n) is 5.43. The van der Waals surface area contributed by atoms with Crippen LogP contribution in [0, 0.1) is 20.8 Å². The maximum Gasteiger partial charge on any atom is 0.250 e. The molecule has 2 heterocycles. The summed E-state index contributed by atoms with van der Waals surface area (Å²) < 4.78 is 28.8. The Labute approximate surface area is 208 Å². The number of piperidine rings is 1. The van der Waals surface area contributed by atoms with Crippen molar-refractivity contribution >= 4 is 27.5 Å². The van der Waals surface area contributed by atoms with Crippen molar-refractivity contribution in [2.24, 2.45) is 0 Å². The molecule has 9 heteroatoms. The average Bonchev–Trinajstić information content (AvgIpc) is 3.05. The lowest BCUT2D eigenvalue weighted by Crippen LogP contribution is -2.57. The predicted octanol–water partition coefficient (Wildman–Crippen LogP) is 2.53. The Morgan fingerprint density at radius 1 is 1.00 bits per heavy atom. The molecule has 0 radical (unpaired) electrons. The van der Waals surface area contributed by atoms with Gasteiger partial charge in [0.05, 0.1) is 11.6 Å². The van der Waals surface area contributed by atoms with Gasteiger partial charge in [0.2, 0.25) is 21.8 Å². The number of rotatable bonds is 5. The largest absolute Gasteiger partial charge is 0.347 e. The molecule has 188 valence electrons. The quantitative estimate of drug-likeness (QED) is 0.633. The molecular weight excluding hydrogens is 464 g/mol. The van der Waals surface area contributed by atoms with Crippen LogP contribution >= 0.6 is 0 Å². The fourth-order valence-corrected chi connectivity index (χ4v) is 7.28. The Bertz CT molecular complexity index is 1210. The summed E-state index contributed by atoms with van der Waals surface area (Å²) >= 11 is 0. The summed E-state index contributed by atoms with van der Waals surface area (Å²) in [7, 11) is -0.355. The minimum Gasteiger partial charge on any atom is -0.347 e. The molecule has 0 saturated carbocycles. The molecular formula is C26H34N4O4S. The first-order valence-electron chi connectivity index (χ1n) is 11.9. The smallest absolute Gasteiger partial charge is 0.250 e. The highest BCUT2D eigenvalue weighted by Gasteiger charge is 2.55. The Morgan fingerprint density at radius 2 is 1.57 bits per heavy atom. The lowest BCUT2D eigenvalue weighted by molar-refractivity contribution is -0.139. The van der Waals surface area contributed by atoms with E-state index in [0.717, 1.165) is 22.4 Å². The van der Waals surface area contributed by atoms with Gasteiger partial charge in [0.1, 0.15) is 12.1 Å². The van der Waals surface area contributed by atoms with Crippen LogP contribution in [0.3, 0.4) is 0 Å². The third kappa shape index (κ3) is 4.43. The standard InChI is InChI=1S/C26H34N4O4S/c1-19-15-20(2)24(21(3)16-19)35(33,34)29-13-11-26(12-14-29)25(32)28(17-23(31)27(4)5)18-30(26)22-9-7-6-8-10-22/h6-10,15-16H,11-14,17-18H2,1-5H3. The van der Waals surface area contributed by atoms with Crippen molar-refractivity contribution in [1.82, 2.24) is 14.1 Å². The molecule has 2 aliphatic rings. The highest BCUT2D eigenvalue weighted by Crippen LogP contribution is 2.41. The van der Waals surface area contributed by atoms with Gasteiger partial charge in [0.25, 0.3) is 0 Å². The number of amides is 2. The molecule has 2 aliphatic heterocycles. The lowest BCUT2D eigenvalue weighted by atomic mass is 9.86. The van der Waals surface area contributed by atoms with E-state index < -0.39 is 15.6 Å². The topological polar surface area (TPSA) is 81.2 Å². The normalized spacial score (nSPS) is 18.4. The molecule has 2 aromatic carbocycles. The van der Waals surface area contributed by atoms with Crippen molar-refractivity contribution in [2.45, 2.75) is 44.0 Å². The summed E-state index contributed by atoms with van der Waals surface area (Å²) in [6.45, 7) is 6.38. The molecule has 4 rings (SSSR count). The molecule has 35 heavy (non-hydrogen) atoms. The van der Waals surface area contributed by atoms with Gasteiger partial charge < -0.3 is 14.7 Å². The van der Waals surface area contributed by atoms with E-state index in [-0.39, 0.29) is 31.4 Å². The first-order chi connectivity index (χ1) is 16.5. The predicted molar refractivity (Wildman–Crippen MR) is 136 cm³/mol. The van der Waals surface area contributed by atoms with Crippen LogP contribution in [0.2, 0.25) is 0 Å². The molecule has 1 spiro atoms. The number of hydrogen-bond acceptors (Lipinski definition) is 5. The van der Waals surface area contributed by atoms with Gasteiger partial charge in [-0.15, -0.1) is 0 Å². The number of para-hydroxylation sites is 1. The summed E-state index contributed by atoms with van der Waals surface area (Å²) in [5.41, 5.74) is 2.51. The van der Waals surface area contributed by atoms with E-state index in [2.05, 4.69) is 0 Å². The molecule has 0 aromatic heterocycles. The molecule has 2 fully saturated rings. The summed E-state index contributed by atoms with van der Waals surface area (Å²) in [5.74, 6) is -0.259. The molecule has 8 nitrogen and oxygen atoms in total. The van der Waals surface area contributed by atoms with Crippen LogP contribution in [0.1, 0.15) is 29.5 Å². The molecule has 0 atom stereocenters. The minimum atomic E-state index is -3.70. The van der Waals surface area contributed by atoms with Crippen molar-refractivity contribution in [3.8, 4) is 0 Å². The van der Waals surface area contributed by atoms with Crippen LogP contribution in [0.25, 0.3) is 0 Å². The summed E-state index contributed by atoms with van der Waals surface area (Å²) in [6, 6.07) is 13.4. The third-order valence-electron chi connectivity index (χ3n) is 7.16. The van der Waals surface area contributed by atoms with Crippen molar-refractivity contribution in [1.29, 1.82) is 0 Å². The van der Waals surface area contributed by atoms with E-state index in [1.54, 1.807) is 19.0 Å². The Hall–Kier alpha value is -2.91. The Morgan fingerprint density at radius 3 is 2.11 bits per heavy atom. The second kappa shape index (κ2) is 9.28. The summed E-state index contributed by atoms with van der Waals surface area (Å²) in [5, 5.41) is 0. The number of sulfonamides is 1. The molecule has 2 amide bonds. The van der Waals surface area contributed by atoms with Crippen LogP contribution in [0.4, 0.5) is 5.69 Å². The summed E-state index contributed by atoms with van der Waals surface area (Å²) in [6.07, 6.45) is 0.715. The second-order valence-corrected chi connectivity index (χ2v) is 11.7. The highest BCUT2D eigenvalue weighted by molar-refractivity contribution is 7.89. The van der Waals surface area contributed by atoms with Crippen molar-refractivity contribution in [2.75, 3.05) is 45.3 Å². The maximum absolute atomic E-state index is 13.7. The van der Waals surface area contributed by atoms with Gasteiger partial charge in [-0.1, -0.05) is 35.9 Å². The van der Waals surface area contributed by atoms with Crippen LogP contribution in [-0.4, -0.2) is 80.3 Å². The van der Waals surface area contributed by atoms with Crippen molar-refractivity contribution in [3.63, 3.8) is 0 Å². The maximum atomic E-state index is 13.7. The van der Waals surface area contributed by atoms with E-state index in [1.807, 2.05) is 68.1 Å². The zero-order chi connectivity index (χ0) is 25.5. The average molecular weight is 499 g/mol. The SMILES string of the molecule is Cc1cc(C)c(S(=O)(=O)N2CCC3(CC2)C(=O)N(CC(=O)N(C)C)CN3c2ccccc2)c(C)c1. The van der Waals surface area contributed by atoms with Gasteiger partial charge in [-0.25, -0.2) is 8.42 Å². The number of hydrogen-bond donors (Lipinski definition) is 0. The van der Waals surface area contributed by atoms with Gasteiger partial charge in [-0.05, 0) is 56.9 Å². The second-order valence-electron chi connectivity index (χ2n) is 9.86. The van der Waals surface area contributed by atoms with Crippen LogP contribution < -0.4 is 4.90 Å². The first kappa shape index (κ1) is 25.2. The Kier molecular flexibility index (Phi) is 6.68. The monoisotopic (exact) mass is 498 g/mol. The van der Waals surface area contributed by atoms with Crippen LogP contribution in [0.5, 0.6) is 0 Å². The van der Waals surface area contributed by atoms with Crippen molar-refractivity contribution in [3.05, 3.63) is 59.2 Å². The van der Waals surface area contributed by atoms with Gasteiger partial charge in [0.15, 0.2) is 0 Å². The minimum absolute atomic E-state index is 0.000680. The first-order valence-corrected chi connectivity index (χ1v) is 13.3. The molecule has 0 N–H and O–H groups in total. The van der Waals surface area contributed by atoms with E-state index in [1.165, 1.54) is 9.21 Å². The molecule has 0 aliphatic carbocycles. The van der Waals surface area contributed by atoms with Gasteiger partial charge in [0, 0.05) is 32.9 Å². The van der Waals surface area contributed by atoms with E-state index in [0.29, 0.717) is 24.4 Å². The van der Waals surface area contributed by atoms with Crippen LogP contribution in [0.15, 0.2) is 47.4 Å². The number of anilines is 1. The number of likely N-dealkylation sites (N-methyl/N-ethyl adjacent to an activating group) is 1. The molecule has 0 unspecified atom stereocenters. The zero-order valence-electron chi connectivity index (χ0n) is 21.1. The summed E-state index contributed by atoms with van der Waals surface area (Å²) in [4.78, 5) is 31.6. The number of benzene rings is 2. The molecule has 2 aromatic rings. The third-order valence-corrected chi connectivity index (χ3v) is 9.36. The van der Waals surface area contributed by atoms with Crippen LogP contribution in [-0.2, 0) is 19.6 Å². The van der Waals surface area contributed by atoms with Gasteiger partial charge in [-0.2, -0.15) is 4.31 Å².